The fourth-order valence-corrected chi connectivity index (χ4v) is 10.6. The summed E-state index contributed by atoms with van der Waals surface area (Å²) in [7, 11) is 1.68. The Morgan fingerprint density at radius 3 is 1.64 bits per heavy atom. The molecule has 0 saturated carbocycles. The molecule has 1 heterocycles. The molecule has 164 valence electrons. The fourth-order valence-electron chi connectivity index (χ4n) is 4.65. The number of rotatable bonds is 6. The quantitative estimate of drug-likeness (QED) is 0.267. The van der Waals surface area contributed by atoms with Gasteiger partial charge < -0.3 is 0 Å². The Bertz CT molecular complexity index is 1290. The van der Waals surface area contributed by atoms with E-state index < -0.39 is 5.96 Å². The van der Waals surface area contributed by atoms with E-state index in [0.29, 0.717) is 6.16 Å². The standard InChI is InChI=1S/C29H25ClNOP/c1-32-28-19-11-12-23-20-21-24(31-29(23)28)22-33(30,25-13-5-2-6-14-25,26-15-7-3-8-16-26)27-17-9-4-10-18-27/h2-21H,22H2,1H3. The van der Waals surface area contributed by atoms with E-state index in [9.17, 15) is 0 Å². The van der Waals surface area contributed by atoms with Crippen LogP contribution in [0.1, 0.15) is 5.69 Å². The molecule has 0 fully saturated rings. The summed E-state index contributed by atoms with van der Waals surface area (Å²) in [6.07, 6.45) is 0.596. The Kier molecular flexibility index (Phi) is 5.66. The van der Waals surface area contributed by atoms with Gasteiger partial charge in [0.15, 0.2) is 0 Å². The van der Waals surface area contributed by atoms with Crippen LogP contribution in [-0.4, -0.2) is 12.1 Å². The monoisotopic (exact) mass is 469 g/mol. The molecule has 2 nitrogen and oxygen atoms in total. The van der Waals surface area contributed by atoms with Crippen LogP contribution in [0.15, 0.2) is 121 Å². The molecule has 0 aliphatic carbocycles. The number of benzene rings is 4. The maximum absolute atomic E-state index is 8.19. The molecule has 0 aliphatic rings. The van der Waals surface area contributed by atoms with Gasteiger partial charge in [0, 0.05) is 0 Å². The summed E-state index contributed by atoms with van der Waals surface area (Å²) in [6.45, 7) is 0. The van der Waals surface area contributed by atoms with E-state index in [-0.39, 0.29) is 0 Å². The van der Waals surface area contributed by atoms with Crippen LogP contribution in [0.4, 0.5) is 0 Å². The Labute approximate surface area is 199 Å². The molecular formula is C29H25ClNOP. The Morgan fingerprint density at radius 2 is 1.15 bits per heavy atom. The third-order valence-electron chi connectivity index (χ3n) is 6.30. The molecule has 0 atom stereocenters. The second-order valence-electron chi connectivity index (χ2n) is 8.18. The van der Waals surface area contributed by atoms with Gasteiger partial charge in [0.2, 0.25) is 0 Å². The molecule has 33 heavy (non-hydrogen) atoms. The Morgan fingerprint density at radius 1 is 0.636 bits per heavy atom. The fraction of sp³-hybridized carbons (Fsp3) is 0.0690. The number of hydrogen-bond donors (Lipinski definition) is 0. The van der Waals surface area contributed by atoms with Gasteiger partial charge in [0.25, 0.3) is 0 Å². The molecule has 0 amide bonds. The van der Waals surface area contributed by atoms with Gasteiger partial charge in [-0.15, -0.1) is 0 Å². The maximum atomic E-state index is 8.19. The number of fused-ring (bicyclic) bond motifs is 1. The van der Waals surface area contributed by atoms with Crippen molar-refractivity contribution in [3.8, 4) is 5.75 Å². The molecule has 0 spiro atoms. The first-order chi connectivity index (χ1) is 16.1. The second kappa shape index (κ2) is 8.63. The van der Waals surface area contributed by atoms with Crippen molar-refractivity contribution in [3.63, 3.8) is 0 Å². The van der Waals surface area contributed by atoms with Crippen LogP contribution in [0.5, 0.6) is 5.75 Å². The van der Waals surface area contributed by atoms with Crippen molar-refractivity contribution in [2.75, 3.05) is 7.11 Å². The third-order valence-corrected chi connectivity index (χ3v) is 13.5. The van der Waals surface area contributed by atoms with Crippen molar-refractivity contribution < 1.29 is 4.74 Å². The number of halogens is 1. The average molecular weight is 470 g/mol. The first-order valence-corrected chi connectivity index (χ1v) is 14.3. The number of aromatic nitrogens is 1. The molecule has 5 rings (SSSR count). The number of hydrogen-bond acceptors (Lipinski definition) is 2. The SMILES string of the molecule is COc1cccc2ccc(CP(Cl)(c3ccccc3)(c3ccccc3)c3ccccc3)nc12. The number of para-hydroxylation sites is 1. The molecule has 0 bridgehead atoms. The normalized spacial score (nSPS) is 12.7. The second-order valence-corrected chi connectivity index (χ2v) is 14.7. The molecule has 0 N–H and O–H groups in total. The average Bonchev–Trinajstić information content (AvgIpc) is 2.90. The van der Waals surface area contributed by atoms with Crippen molar-refractivity contribution in [1.29, 1.82) is 0 Å². The molecule has 0 saturated heterocycles. The molecule has 4 aromatic carbocycles. The first kappa shape index (κ1) is 21.6. The van der Waals surface area contributed by atoms with Gasteiger partial charge in [0.05, 0.1) is 0 Å². The van der Waals surface area contributed by atoms with Crippen molar-refractivity contribution in [1.82, 2.24) is 4.98 Å². The summed E-state index contributed by atoms with van der Waals surface area (Å²) < 4.78 is 5.61. The Hall–Kier alpha value is -3.19. The van der Waals surface area contributed by atoms with Gasteiger partial charge in [-0.3, -0.25) is 0 Å². The van der Waals surface area contributed by atoms with E-state index in [0.717, 1.165) is 38.3 Å². The summed E-state index contributed by atoms with van der Waals surface area (Å²) >= 11 is 8.19. The van der Waals surface area contributed by atoms with Crippen molar-refractivity contribution in [2.45, 2.75) is 6.16 Å². The predicted molar refractivity (Wildman–Crippen MR) is 143 cm³/mol. The molecule has 0 aliphatic heterocycles. The van der Waals surface area contributed by atoms with E-state index in [2.05, 4.69) is 91.0 Å². The van der Waals surface area contributed by atoms with Gasteiger partial charge in [-0.2, -0.15) is 0 Å². The van der Waals surface area contributed by atoms with Crippen molar-refractivity contribution in [2.24, 2.45) is 0 Å². The van der Waals surface area contributed by atoms with Crippen molar-refractivity contribution >= 4 is 44.0 Å². The molecule has 1 aromatic heterocycles. The van der Waals surface area contributed by atoms with Crippen LogP contribution >= 0.6 is 17.2 Å². The topological polar surface area (TPSA) is 22.1 Å². The van der Waals surface area contributed by atoms with Crippen LogP contribution in [-0.2, 0) is 6.16 Å². The summed E-state index contributed by atoms with van der Waals surface area (Å²) in [4.78, 5) is 5.08. The van der Waals surface area contributed by atoms with Crippen LogP contribution in [0.3, 0.4) is 0 Å². The van der Waals surface area contributed by atoms with Gasteiger partial charge in [-0.25, -0.2) is 0 Å². The number of methoxy groups -OCH3 is 1. The van der Waals surface area contributed by atoms with Crippen LogP contribution in [0, 0.1) is 0 Å². The van der Waals surface area contributed by atoms with E-state index >= 15 is 0 Å². The van der Waals surface area contributed by atoms with Crippen LogP contribution < -0.4 is 20.7 Å². The zero-order valence-electron chi connectivity index (χ0n) is 18.4. The zero-order valence-corrected chi connectivity index (χ0v) is 20.1. The predicted octanol–water partition coefficient (Wildman–Crippen LogP) is 6.43. The number of ether oxygens (including phenoxy) is 1. The summed E-state index contributed by atoms with van der Waals surface area (Å²) in [5.74, 6) is -2.66. The van der Waals surface area contributed by atoms with Crippen LogP contribution in [0.25, 0.3) is 10.9 Å². The van der Waals surface area contributed by atoms with E-state index in [1.54, 1.807) is 7.11 Å². The van der Waals surface area contributed by atoms with Gasteiger partial charge in [0.1, 0.15) is 0 Å². The van der Waals surface area contributed by atoms with Gasteiger partial charge in [-0.05, 0) is 0 Å². The van der Waals surface area contributed by atoms with Crippen LogP contribution in [0.2, 0.25) is 0 Å². The summed E-state index contributed by atoms with van der Waals surface area (Å²) in [5, 5.41) is 4.44. The van der Waals surface area contributed by atoms with E-state index in [1.165, 1.54) is 0 Å². The van der Waals surface area contributed by atoms with E-state index in [4.69, 9.17) is 21.0 Å². The first-order valence-electron chi connectivity index (χ1n) is 11.0. The zero-order chi connectivity index (χ0) is 22.8. The van der Waals surface area contributed by atoms with E-state index in [1.807, 2.05) is 30.3 Å². The summed E-state index contributed by atoms with van der Waals surface area (Å²) in [6, 6.07) is 41.7. The molecule has 0 unspecified atom stereocenters. The molecular weight excluding hydrogens is 445 g/mol. The minimum atomic E-state index is -3.43. The Balaban J connectivity index is 1.83. The number of nitrogens with zero attached hydrogens (tertiary/aromatic N) is 1. The summed E-state index contributed by atoms with van der Waals surface area (Å²) in [5.41, 5.74) is 1.80. The van der Waals surface area contributed by atoms with Gasteiger partial charge in [-0.1, -0.05) is 0 Å². The van der Waals surface area contributed by atoms with Crippen molar-refractivity contribution in [3.05, 3.63) is 127 Å². The molecule has 4 heteroatoms. The third kappa shape index (κ3) is 3.60. The number of pyridine rings is 1. The van der Waals surface area contributed by atoms with Gasteiger partial charge >= 0.3 is 200 Å². The molecule has 0 radical (unpaired) electrons. The minimum absolute atomic E-state index is 0.596. The molecule has 5 aromatic rings.